The summed E-state index contributed by atoms with van der Waals surface area (Å²) in [7, 11) is 0. The molecule has 2 N–H and O–H groups in total. The van der Waals surface area contributed by atoms with E-state index in [4.69, 9.17) is 9.73 Å². The third-order valence-electron chi connectivity index (χ3n) is 5.36. The van der Waals surface area contributed by atoms with Crippen LogP contribution in [0.4, 0.5) is 5.82 Å². The number of ether oxygens (including phenoxy) is 1. The van der Waals surface area contributed by atoms with Gasteiger partial charge < -0.3 is 20.3 Å². The second-order valence-corrected chi connectivity index (χ2v) is 8.04. The van der Waals surface area contributed by atoms with Crippen molar-refractivity contribution in [3.05, 3.63) is 59.3 Å². The van der Waals surface area contributed by atoms with E-state index in [0.717, 1.165) is 50.1 Å². The number of rotatable bonds is 7. The summed E-state index contributed by atoms with van der Waals surface area (Å²) in [5.41, 5.74) is 3.72. The number of hydrogen-bond donors (Lipinski definition) is 2. The summed E-state index contributed by atoms with van der Waals surface area (Å²) in [6.45, 7) is 13.3. The summed E-state index contributed by atoms with van der Waals surface area (Å²) in [6, 6.07) is 12.9. The van der Waals surface area contributed by atoms with Crippen LogP contribution in [0.2, 0.25) is 0 Å². The van der Waals surface area contributed by atoms with Crippen molar-refractivity contribution in [2.75, 3.05) is 37.7 Å². The second-order valence-electron chi connectivity index (χ2n) is 8.04. The molecule has 1 saturated heterocycles. The SMILES string of the molecule is CCNC(=NCc1ccc(N2CCOC(C)C2)nc1)NCC(C)c1ccc(C)cc1.I. The number of aliphatic imine (C=N–C) groups is 1. The number of morpholine rings is 1. The maximum absolute atomic E-state index is 5.61. The molecule has 1 aliphatic rings. The molecule has 1 fully saturated rings. The molecule has 1 aromatic carbocycles. The first-order chi connectivity index (χ1) is 14.5. The molecule has 7 heteroatoms. The molecule has 1 aromatic heterocycles. The van der Waals surface area contributed by atoms with Crippen molar-refractivity contribution in [2.45, 2.75) is 46.3 Å². The van der Waals surface area contributed by atoms with Crippen molar-refractivity contribution in [1.82, 2.24) is 15.6 Å². The Morgan fingerprint density at radius 1 is 1.23 bits per heavy atom. The van der Waals surface area contributed by atoms with Gasteiger partial charge in [-0.1, -0.05) is 42.8 Å². The molecule has 2 atom stereocenters. The number of guanidine groups is 1. The normalized spacial score (nSPS) is 17.6. The van der Waals surface area contributed by atoms with Gasteiger partial charge in [0.05, 0.1) is 19.3 Å². The summed E-state index contributed by atoms with van der Waals surface area (Å²) in [4.78, 5) is 11.7. The molecule has 0 spiro atoms. The van der Waals surface area contributed by atoms with Gasteiger partial charge >= 0.3 is 0 Å². The highest BCUT2D eigenvalue weighted by molar-refractivity contribution is 14.0. The van der Waals surface area contributed by atoms with Gasteiger partial charge in [-0.05, 0) is 43.9 Å². The van der Waals surface area contributed by atoms with Gasteiger partial charge in [0, 0.05) is 32.4 Å². The van der Waals surface area contributed by atoms with Crippen LogP contribution in [-0.2, 0) is 11.3 Å². The quantitative estimate of drug-likeness (QED) is 0.317. The zero-order valence-electron chi connectivity index (χ0n) is 19.1. The monoisotopic (exact) mass is 537 g/mol. The molecule has 0 aliphatic carbocycles. The number of benzene rings is 1. The summed E-state index contributed by atoms with van der Waals surface area (Å²) >= 11 is 0. The summed E-state index contributed by atoms with van der Waals surface area (Å²) in [5.74, 6) is 2.25. The van der Waals surface area contributed by atoms with Crippen LogP contribution in [0.25, 0.3) is 0 Å². The molecule has 2 unspecified atom stereocenters. The van der Waals surface area contributed by atoms with Gasteiger partial charge in [0.2, 0.25) is 0 Å². The fourth-order valence-corrected chi connectivity index (χ4v) is 3.50. The van der Waals surface area contributed by atoms with Crippen LogP contribution >= 0.6 is 24.0 Å². The van der Waals surface area contributed by atoms with Gasteiger partial charge in [0.15, 0.2) is 5.96 Å². The fraction of sp³-hybridized carbons (Fsp3) is 0.500. The molecule has 0 amide bonds. The standard InChI is InChI=1S/C24H35N5O.HI/c1-5-25-24(27-14-19(3)22-9-6-18(2)7-10-22)28-16-21-8-11-23(26-15-21)29-12-13-30-20(4)17-29;/h6-11,15,19-20H,5,12-14,16-17H2,1-4H3,(H2,25,27,28);1H. The van der Waals surface area contributed by atoms with Crippen molar-refractivity contribution in [3.8, 4) is 0 Å². The van der Waals surface area contributed by atoms with Crippen LogP contribution in [-0.4, -0.2) is 49.8 Å². The molecule has 170 valence electrons. The first-order valence-corrected chi connectivity index (χ1v) is 11.0. The molecular weight excluding hydrogens is 501 g/mol. The zero-order valence-corrected chi connectivity index (χ0v) is 21.4. The van der Waals surface area contributed by atoms with Crippen LogP contribution < -0.4 is 15.5 Å². The maximum Gasteiger partial charge on any atom is 0.191 e. The van der Waals surface area contributed by atoms with Crippen molar-refractivity contribution in [2.24, 2.45) is 4.99 Å². The molecule has 3 rings (SSSR count). The minimum Gasteiger partial charge on any atom is -0.375 e. The van der Waals surface area contributed by atoms with E-state index in [1.807, 2.05) is 6.20 Å². The van der Waals surface area contributed by atoms with Gasteiger partial charge in [0.25, 0.3) is 0 Å². The van der Waals surface area contributed by atoms with Crippen LogP contribution in [0.3, 0.4) is 0 Å². The molecule has 0 radical (unpaired) electrons. The highest BCUT2D eigenvalue weighted by Crippen LogP contribution is 2.16. The molecule has 2 heterocycles. The zero-order chi connectivity index (χ0) is 21.3. The Hall–Kier alpha value is -1.87. The Balaban J connectivity index is 0.00000341. The number of aromatic nitrogens is 1. The van der Waals surface area contributed by atoms with Gasteiger partial charge in [0.1, 0.15) is 5.82 Å². The van der Waals surface area contributed by atoms with Gasteiger partial charge in [-0.2, -0.15) is 0 Å². The van der Waals surface area contributed by atoms with Crippen molar-refractivity contribution in [1.29, 1.82) is 0 Å². The van der Waals surface area contributed by atoms with Gasteiger partial charge in [-0.3, -0.25) is 0 Å². The molecule has 6 nitrogen and oxygen atoms in total. The highest BCUT2D eigenvalue weighted by atomic mass is 127. The predicted octanol–water partition coefficient (Wildman–Crippen LogP) is 4.09. The fourth-order valence-electron chi connectivity index (χ4n) is 3.50. The third kappa shape index (κ3) is 7.96. The summed E-state index contributed by atoms with van der Waals surface area (Å²) < 4.78 is 5.61. The number of nitrogens with one attached hydrogen (secondary N) is 2. The maximum atomic E-state index is 5.61. The number of pyridine rings is 1. The third-order valence-corrected chi connectivity index (χ3v) is 5.36. The Morgan fingerprint density at radius 2 is 2.00 bits per heavy atom. The number of hydrogen-bond acceptors (Lipinski definition) is 4. The Bertz CT molecular complexity index is 810. The van der Waals surface area contributed by atoms with E-state index in [9.17, 15) is 0 Å². The lowest BCUT2D eigenvalue weighted by Crippen LogP contribution is -2.41. The topological polar surface area (TPSA) is 61.8 Å². The summed E-state index contributed by atoms with van der Waals surface area (Å²) in [6.07, 6.45) is 2.18. The van der Waals surface area contributed by atoms with Gasteiger partial charge in [-0.15, -0.1) is 24.0 Å². The van der Waals surface area contributed by atoms with E-state index in [0.29, 0.717) is 12.5 Å². The Labute approximate surface area is 203 Å². The average molecular weight is 537 g/mol. The van der Waals surface area contributed by atoms with E-state index >= 15 is 0 Å². The first-order valence-electron chi connectivity index (χ1n) is 11.0. The van der Waals surface area contributed by atoms with Crippen molar-refractivity contribution < 1.29 is 4.74 Å². The first kappa shape index (κ1) is 25.4. The Morgan fingerprint density at radius 3 is 2.65 bits per heavy atom. The van der Waals surface area contributed by atoms with E-state index in [1.165, 1.54) is 11.1 Å². The number of nitrogens with zero attached hydrogens (tertiary/aromatic N) is 3. The molecule has 1 aliphatic heterocycles. The minimum atomic E-state index is 0. The van der Waals surface area contributed by atoms with Gasteiger partial charge in [-0.25, -0.2) is 9.98 Å². The van der Waals surface area contributed by atoms with Crippen molar-refractivity contribution in [3.63, 3.8) is 0 Å². The van der Waals surface area contributed by atoms with Crippen LogP contribution in [0.5, 0.6) is 0 Å². The number of anilines is 1. The predicted molar refractivity (Wildman–Crippen MR) is 140 cm³/mol. The molecular formula is C24H36IN5O. The number of aryl methyl sites for hydroxylation is 1. The highest BCUT2D eigenvalue weighted by Gasteiger charge is 2.17. The van der Waals surface area contributed by atoms with Crippen LogP contribution in [0.15, 0.2) is 47.6 Å². The van der Waals surface area contributed by atoms with E-state index in [1.54, 1.807) is 0 Å². The lowest BCUT2D eigenvalue weighted by molar-refractivity contribution is 0.0529. The lowest BCUT2D eigenvalue weighted by atomic mass is 10.0. The van der Waals surface area contributed by atoms with Crippen molar-refractivity contribution >= 4 is 35.8 Å². The number of halogens is 1. The van der Waals surface area contributed by atoms with Crippen LogP contribution in [0.1, 0.15) is 43.4 Å². The Kier molecular flexibility index (Phi) is 10.5. The van der Waals surface area contributed by atoms with E-state index < -0.39 is 0 Å². The van der Waals surface area contributed by atoms with E-state index in [-0.39, 0.29) is 30.1 Å². The largest absolute Gasteiger partial charge is 0.375 e. The van der Waals surface area contributed by atoms with E-state index in [2.05, 4.69) is 84.6 Å². The molecule has 0 saturated carbocycles. The smallest absolute Gasteiger partial charge is 0.191 e. The second kappa shape index (κ2) is 12.9. The van der Waals surface area contributed by atoms with Crippen LogP contribution in [0, 0.1) is 6.92 Å². The lowest BCUT2D eigenvalue weighted by Gasteiger charge is -2.32. The minimum absolute atomic E-state index is 0. The molecule has 0 bridgehead atoms. The molecule has 2 aromatic rings. The summed E-state index contributed by atoms with van der Waals surface area (Å²) in [5, 5.41) is 6.80. The molecule has 31 heavy (non-hydrogen) atoms. The average Bonchev–Trinajstić information content (AvgIpc) is 2.76.